The molecule has 1 aromatic heterocycles. The van der Waals surface area contributed by atoms with E-state index in [-0.39, 0.29) is 11.2 Å². The van der Waals surface area contributed by atoms with Gasteiger partial charge >= 0.3 is 0 Å². The number of rotatable bonds is 3. The van der Waals surface area contributed by atoms with E-state index in [1.807, 2.05) is 4.68 Å². The Hall–Kier alpha value is -1.11. The lowest BCUT2D eigenvalue weighted by atomic mass is 9.96. The van der Waals surface area contributed by atoms with Gasteiger partial charge in [-0.15, -0.1) is 5.10 Å². The van der Waals surface area contributed by atoms with Gasteiger partial charge in [0.15, 0.2) is 0 Å². The van der Waals surface area contributed by atoms with Crippen LogP contribution in [0.3, 0.4) is 0 Å². The summed E-state index contributed by atoms with van der Waals surface area (Å²) in [5.41, 5.74) is 0. The van der Waals surface area contributed by atoms with Crippen LogP contribution in [0.4, 0.5) is 0 Å². The summed E-state index contributed by atoms with van der Waals surface area (Å²) >= 11 is 1.53. The molecule has 6 nitrogen and oxygen atoms in total. The summed E-state index contributed by atoms with van der Waals surface area (Å²) in [4.78, 5) is 12.0. The van der Waals surface area contributed by atoms with Crippen LogP contribution in [-0.4, -0.2) is 37.9 Å². The number of carbonyl (C=O) groups excluding carboxylic acids is 1. The fraction of sp³-hybridized carbons (Fsp3) is 0.846. The van der Waals surface area contributed by atoms with Gasteiger partial charge in [0.05, 0.1) is 11.3 Å². The molecule has 0 bridgehead atoms. The average Bonchev–Trinajstić information content (AvgIpc) is 2.85. The molecule has 1 aromatic rings. The molecule has 2 fully saturated rings. The molecule has 7 heteroatoms. The van der Waals surface area contributed by atoms with Crippen LogP contribution in [0.5, 0.6) is 0 Å². The maximum atomic E-state index is 12.0. The van der Waals surface area contributed by atoms with Crippen molar-refractivity contribution in [3.05, 3.63) is 0 Å². The number of amides is 1. The van der Waals surface area contributed by atoms with Crippen molar-refractivity contribution >= 4 is 17.7 Å². The molecule has 1 amide bonds. The van der Waals surface area contributed by atoms with E-state index in [2.05, 4.69) is 20.8 Å². The monoisotopic (exact) mass is 295 g/mol. The summed E-state index contributed by atoms with van der Waals surface area (Å²) in [6.07, 6.45) is 9.17. The Labute approximate surface area is 123 Å². The largest absolute Gasteiger partial charge is 0.355 e. The Balaban J connectivity index is 1.70. The number of hydrogen-bond donors (Lipinski definition) is 1. The van der Waals surface area contributed by atoms with E-state index in [4.69, 9.17) is 0 Å². The van der Waals surface area contributed by atoms with Crippen LogP contribution in [0.1, 0.15) is 57.4 Å². The highest BCUT2D eigenvalue weighted by molar-refractivity contribution is 8.00. The van der Waals surface area contributed by atoms with Crippen molar-refractivity contribution in [3.8, 4) is 0 Å². The van der Waals surface area contributed by atoms with Crippen molar-refractivity contribution in [2.24, 2.45) is 0 Å². The van der Waals surface area contributed by atoms with Crippen LogP contribution in [0.25, 0.3) is 0 Å². The Bertz CT molecular complexity index is 457. The molecule has 1 saturated heterocycles. The number of hydrogen-bond acceptors (Lipinski definition) is 5. The maximum Gasteiger partial charge on any atom is 0.233 e. The van der Waals surface area contributed by atoms with E-state index < -0.39 is 0 Å². The molecule has 0 spiro atoms. The first-order valence-electron chi connectivity index (χ1n) is 7.57. The van der Waals surface area contributed by atoms with Crippen molar-refractivity contribution < 1.29 is 4.79 Å². The molecule has 1 atom stereocenters. The first-order valence-corrected chi connectivity index (χ1v) is 8.45. The van der Waals surface area contributed by atoms with E-state index in [0.717, 1.165) is 43.8 Å². The van der Waals surface area contributed by atoms with Crippen molar-refractivity contribution in [2.45, 2.75) is 67.8 Å². The Morgan fingerprint density at radius 3 is 2.75 bits per heavy atom. The first-order chi connectivity index (χ1) is 9.84. The molecule has 3 rings (SSSR count). The lowest BCUT2D eigenvalue weighted by Gasteiger charge is -2.22. The molecule has 1 N–H and O–H groups in total. The molecular formula is C13H21N5OS. The quantitative estimate of drug-likeness (QED) is 0.922. The van der Waals surface area contributed by atoms with Crippen LogP contribution in [0, 0.1) is 0 Å². The van der Waals surface area contributed by atoms with Gasteiger partial charge in [-0.2, -0.15) is 0 Å². The first kappa shape index (κ1) is 13.9. The highest BCUT2D eigenvalue weighted by Crippen LogP contribution is 2.32. The molecule has 1 aliphatic heterocycles. The third-order valence-corrected chi connectivity index (χ3v) is 5.33. The average molecular weight is 295 g/mol. The fourth-order valence-electron chi connectivity index (χ4n) is 2.97. The number of nitrogens with zero attached hydrogens (tertiary/aromatic N) is 4. The van der Waals surface area contributed by atoms with Gasteiger partial charge in [0.1, 0.15) is 0 Å². The molecule has 1 aliphatic carbocycles. The summed E-state index contributed by atoms with van der Waals surface area (Å²) in [6, 6.07) is 0.412. The van der Waals surface area contributed by atoms with E-state index >= 15 is 0 Å². The van der Waals surface area contributed by atoms with Gasteiger partial charge in [0.2, 0.25) is 11.1 Å². The van der Waals surface area contributed by atoms with Gasteiger partial charge in [-0.25, -0.2) is 4.68 Å². The summed E-state index contributed by atoms with van der Waals surface area (Å²) < 4.78 is 1.95. The second kappa shape index (κ2) is 6.56. The van der Waals surface area contributed by atoms with Gasteiger partial charge in [0, 0.05) is 6.54 Å². The summed E-state index contributed by atoms with van der Waals surface area (Å²) in [6.45, 7) is 0.795. The zero-order valence-electron chi connectivity index (χ0n) is 11.6. The number of thioether (sulfide) groups is 1. The van der Waals surface area contributed by atoms with Gasteiger partial charge < -0.3 is 5.32 Å². The Morgan fingerprint density at radius 2 is 1.90 bits per heavy atom. The second-order valence-corrected chi connectivity index (χ2v) is 6.76. The lowest BCUT2D eigenvalue weighted by molar-refractivity contribution is -0.120. The molecule has 2 heterocycles. The standard InChI is InChI=1S/C13H21N5OS/c19-12-11(8-4-5-9-14-12)20-13-15-16-17-18(13)10-6-2-1-3-7-10/h10-11H,1-9H2,(H,14,19)/t11-/m0/s1. The van der Waals surface area contributed by atoms with Crippen LogP contribution < -0.4 is 5.32 Å². The maximum absolute atomic E-state index is 12.0. The van der Waals surface area contributed by atoms with Crippen LogP contribution in [0.2, 0.25) is 0 Å². The minimum Gasteiger partial charge on any atom is -0.355 e. The molecule has 1 saturated carbocycles. The van der Waals surface area contributed by atoms with E-state index in [1.54, 1.807) is 0 Å². The third kappa shape index (κ3) is 3.13. The van der Waals surface area contributed by atoms with Crippen LogP contribution in [-0.2, 0) is 4.79 Å². The summed E-state index contributed by atoms with van der Waals surface area (Å²) in [5.74, 6) is 0.130. The molecule has 110 valence electrons. The molecule has 20 heavy (non-hydrogen) atoms. The van der Waals surface area contributed by atoms with Crippen LogP contribution in [0.15, 0.2) is 5.16 Å². The highest BCUT2D eigenvalue weighted by atomic mass is 32.2. The number of tetrazole rings is 1. The van der Waals surface area contributed by atoms with Gasteiger partial charge in [-0.3, -0.25) is 4.79 Å². The molecule has 0 unspecified atom stereocenters. The van der Waals surface area contributed by atoms with E-state index in [9.17, 15) is 4.79 Å². The minimum absolute atomic E-state index is 0.0501. The number of aromatic nitrogens is 4. The third-order valence-electron chi connectivity index (χ3n) is 4.12. The zero-order valence-corrected chi connectivity index (χ0v) is 12.4. The SMILES string of the molecule is O=C1NCCCC[C@@H]1Sc1nnnn1C1CCCCC1. The topological polar surface area (TPSA) is 72.7 Å². The van der Waals surface area contributed by atoms with E-state index in [0.29, 0.717) is 6.04 Å². The lowest BCUT2D eigenvalue weighted by Crippen LogP contribution is -2.31. The number of nitrogens with one attached hydrogen (secondary N) is 1. The van der Waals surface area contributed by atoms with Crippen LogP contribution >= 0.6 is 11.8 Å². The molecular weight excluding hydrogens is 274 g/mol. The van der Waals surface area contributed by atoms with Crippen molar-refractivity contribution in [1.82, 2.24) is 25.5 Å². The summed E-state index contributed by atoms with van der Waals surface area (Å²) in [5, 5.41) is 15.8. The van der Waals surface area contributed by atoms with Crippen molar-refractivity contribution in [1.29, 1.82) is 0 Å². The van der Waals surface area contributed by atoms with Gasteiger partial charge in [-0.05, 0) is 36.1 Å². The summed E-state index contributed by atoms with van der Waals surface area (Å²) in [7, 11) is 0. The second-order valence-electron chi connectivity index (χ2n) is 5.59. The Morgan fingerprint density at radius 1 is 1.10 bits per heavy atom. The smallest absolute Gasteiger partial charge is 0.233 e. The van der Waals surface area contributed by atoms with Crippen molar-refractivity contribution in [2.75, 3.05) is 6.54 Å². The molecule has 0 aromatic carbocycles. The van der Waals surface area contributed by atoms with Crippen molar-refractivity contribution in [3.63, 3.8) is 0 Å². The van der Waals surface area contributed by atoms with Gasteiger partial charge in [0.25, 0.3) is 0 Å². The minimum atomic E-state index is -0.0501. The number of carbonyl (C=O) groups is 1. The molecule has 2 aliphatic rings. The predicted octanol–water partition coefficient (Wildman–Crippen LogP) is 1.94. The zero-order chi connectivity index (χ0) is 13.8. The van der Waals surface area contributed by atoms with E-state index in [1.165, 1.54) is 31.0 Å². The predicted molar refractivity (Wildman–Crippen MR) is 76.4 cm³/mol. The fourth-order valence-corrected chi connectivity index (χ4v) is 4.08. The van der Waals surface area contributed by atoms with Gasteiger partial charge in [-0.1, -0.05) is 37.4 Å². The highest BCUT2D eigenvalue weighted by Gasteiger charge is 2.26. The normalized spacial score (nSPS) is 25.2. The molecule has 0 radical (unpaired) electrons. The Kier molecular flexibility index (Phi) is 4.54.